The van der Waals surface area contributed by atoms with Crippen LogP contribution in [0, 0.1) is 0 Å². The Morgan fingerprint density at radius 2 is 2.10 bits per heavy atom. The number of aliphatic imine (C=N–C) groups is 1. The van der Waals surface area contributed by atoms with Crippen LogP contribution < -0.4 is 10.6 Å². The molecule has 0 unspecified atom stereocenters. The summed E-state index contributed by atoms with van der Waals surface area (Å²) in [6.07, 6.45) is 3.00. The zero-order valence-electron chi connectivity index (χ0n) is 13.5. The van der Waals surface area contributed by atoms with Crippen LogP contribution in [0.5, 0.6) is 0 Å². The van der Waals surface area contributed by atoms with Crippen molar-refractivity contribution in [2.75, 3.05) is 33.2 Å². The van der Waals surface area contributed by atoms with E-state index in [2.05, 4.69) is 53.3 Å². The van der Waals surface area contributed by atoms with Crippen molar-refractivity contribution in [1.29, 1.82) is 0 Å². The average Bonchev–Trinajstić information content (AvgIpc) is 2.92. The van der Waals surface area contributed by atoms with Crippen molar-refractivity contribution in [3.8, 4) is 0 Å². The molecule has 1 aromatic heterocycles. The Bertz CT molecular complexity index is 408. The molecule has 0 atom stereocenters. The van der Waals surface area contributed by atoms with Crippen LogP contribution >= 0.6 is 35.3 Å². The van der Waals surface area contributed by atoms with Gasteiger partial charge in [-0.2, -0.15) is 0 Å². The van der Waals surface area contributed by atoms with E-state index in [1.165, 1.54) is 4.88 Å². The van der Waals surface area contributed by atoms with Gasteiger partial charge in [-0.25, -0.2) is 9.98 Å². The van der Waals surface area contributed by atoms with Crippen LogP contribution in [0.4, 0.5) is 0 Å². The Morgan fingerprint density at radius 3 is 2.67 bits per heavy atom. The molecule has 0 radical (unpaired) electrons. The second kappa shape index (κ2) is 12.2. The van der Waals surface area contributed by atoms with Gasteiger partial charge in [-0.1, -0.05) is 13.8 Å². The van der Waals surface area contributed by atoms with E-state index in [0.29, 0.717) is 6.54 Å². The molecule has 0 spiro atoms. The summed E-state index contributed by atoms with van der Waals surface area (Å²) in [7, 11) is 2.12. The molecular weight excluding hydrogens is 397 g/mol. The molecule has 0 aliphatic rings. The third-order valence-corrected chi connectivity index (χ3v) is 4.12. The van der Waals surface area contributed by atoms with Gasteiger partial charge in [0.25, 0.3) is 0 Å². The lowest BCUT2D eigenvalue weighted by Gasteiger charge is -2.16. The minimum Gasteiger partial charge on any atom is -0.357 e. The Morgan fingerprint density at radius 1 is 1.33 bits per heavy atom. The highest BCUT2D eigenvalue weighted by molar-refractivity contribution is 14.0. The number of likely N-dealkylation sites (N-methyl/N-ethyl adjacent to an activating group) is 1. The van der Waals surface area contributed by atoms with Gasteiger partial charge in [-0.15, -0.1) is 35.3 Å². The molecule has 0 aromatic carbocycles. The molecule has 1 aromatic rings. The predicted molar refractivity (Wildman–Crippen MR) is 103 cm³/mol. The molecule has 1 rings (SSSR count). The van der Waals surface area contributed by atoms with Crippen LogP contribution in [0.15, 0.2) is 11.2 Å². The standard InChI is InChI=1S/C14H27N5S.HI/c1-5-12-10-17-13(20-12)11-18-14(15-6-2)16-8-9-19(4)7-3;/h10H,5-9,11H2,1-4H3,(H2,15,16,18);1H. The lowest BCUT2D eigenvalue weighted by atomic mass is 10.4. The first-order chi connectivity index (χ1) is 9.69. The van der Waals surface area contributed by atoms with Crippen LogP contribution in [0.2, 0.25) is 0 Å². The highest BCUT2D eigenvalue weighted by Gasteiger charge is 2.02. The average molecular weight is 425 g/mol. The van der Waals surface area contributed by atoms with Gasteiger partial charge in [0.05, 0.1) is 6.54 Å². The molecule has 0 aliphatic carbocycles. The van der Waals surface area contributed by atoms with Crippen LogP contribution in [-0.4, -0.2) is 49.1 Å². The van der Waals surface area contributed by atoms with Crippen molar-refractivity contribution < 1.29 is 0 Å². The zero-order valence-corrected chi connectivity index (χ0v) is 16.6. The topological polar surface area (TPSA) is 52.6 Å². The molecular formula is C14H28IN5S. The molecule has 0 amide bonds. The zero-order chi connectivity index (χ0) is 14.8. The summed E-state index contributed by atoms with van der Waals surface area (Å²) in [5.41, 5.74) is 0. The van der Waals surface area contributed by atoms with Crippen molar-refractivity contribution >= 4 is 41.3 Å². The monoisotopic (exact) mass is 425 g/mol. The van der Waals surface area contributed by atoms with Crippen molar-refractivity contribution in [2.45, 2.75) is 33.7 Å². The highest BCUT2D eigenvalue weighted by atomic mass is 127. The smallest absolute Gasteiger partial charge is 0.191 e. The van der Waals surface area contributed by atoms with Gasteiger partial charge in [-0.3, -0.25) is 0 Å². The summed E-state index contributed by atoms with van der Waals surface area (Å²) in [4.78, 5) is 12.6. The Hall–Kier alpha value is -0.410. The second-order valence-electron chi connectivity index (χ2n) is 4.59. The highest BCUT2D eigenvalue weighted by Crippen LogP contribution is 2.13. The summed E-state index contributed by atoms with van der Waals surface area (Å²) < 4.78 is 0. The van der Waals surface area contributed by atoms with Gasteiger partial charge in [0.15, 0.2) is 5.96 Å². The fourth-order valence-corrected chi connectivity index (χ4v) is 2.38. The first-order valence-electron chi connectivity index (χ1n) is 7.33. The first-order valence-corrected chi connectivity index (χ1v) is 8.15. The van der Waals surface area contributed by atoms with Gasteiger partial charge in [-0.05, 0) is 26.9 Å². The fourth-order valence-electron chi connectivity index (χ4n) is 1.60. The first kappa shape index (κ1) is 20.6. The molecule has 0 fully saturated rings. The number of guanidine groups is 1. The molecule has 0 saturated heterocycles. The number of aryl methyl sites for hydroxylation is 1. The van der Waals surface area contributed by atoms with Gasteiger partial charge in [0.2, 0.25) is 0 Å². The largest absolute Gasteiger partial charge is 0.357 e. The number of nitrogens with one attached hydrogen (secondary N) is 2. The number of hydrogen-bond donors (Lipinski definition) is 2. The number of aromatic nitrogens is 1. The lowest BCUT2D eigenvalue weighted by molar-refractivity contribution is 0.357. The van der Waals surface area contributed by atoms with Crippen molar-refractivity contribution in [3.63, 3.8) is 0 Å². The van der Waals surface area contributed by atoms with E-state index < -0.39 is 0 Å². The van der Waals surface area contributed by atoms with Gasteiger partial charge in [0, 0.05) is 30.7 Å². The minimum absolute atomic E-state index is 0. The van der Waals surface area contributed by atoms with Crippen LogP contribution in [-0.2, 0) is 13.0 Å². The summed E-state index contributed by atoms with van der Waals surface area (Å²) in [5, 5.41) is 7.69. The molecule has 0 saturated carbocycles. The third-order valence-electron chi connectivity index (χ3n) is 2.99. The van der Waals surface area contributed by atoms with E-state index in [9.17, 15) is 0 Å². The molecule has 5 nitrogen and oxygen atoms in total. The van der Waals surface area contributed by atoms with E-state index in [1.807, 2.05) is 6.20 Å². The van der Waals surface area contributed by atoms with Crippen molar-refractivity contribution in [1.82, 2.24) is 20.5 Å². The van der Waals surface area contributed by atoms with Gasteiger partial charge < -0.3 is 15.5 Å². The molecule has 1 heterocycles. The number of halogens is 1. The van der Waals surface area contributed by atoms with Gasteiger partial charge >= 0.3 is 0 Å². The maximum absolute atomic E-state index is 4.58. The molecule has 21 heavy (non-hydrogen) atoms. The van der Waals surface area contributed by atoms with Crippen LogP contribution in [0.3, 0.4) is 0 Å². The summed E-state index contributed by atoms with van der Waals surface area (Å²) >= 11 is 1.74. The normalized spacial score (nSPS) is 11.4. The number of nitrogens with zero attached hydrogens (tertiary/aromatic N) is 3. The van der Waals surface area contributed by atoms with Crippen molar-refractivity contribution in [3.05, 3.63) is 16.1 Å². The van der Waals surface area contributed by atoms with Crippen LogP contribution in [0.1, 0.15) is 30.7 Å². The molecule has 7 heteroatoms. The van der Waals surface area contributed by atoms with E-state index in [4.69, 9.17) is 0 Å². The Kier molecular flexibility index (Phi) is 11.9. The van der Waals surface area contributed by atoms with Crippen molar-refractivity contribution in [2.24, 2.45) is 4.99 Å². The third kappa shape index (κ3) is 8.57. The summed E-state index contributed by atoms with van der Waals surface area (Å²) in [6, 6.07) is 0. The van der Waals surface area contributed by atoms with Gasteiger partial charge in [0.1, 0.15) is 5.01 Å². The lowest BCUT2D eigenvalue weighted by Crippen LogP contribution is -2.40. The summed E-state index contributed by atoms with van der Waals surface area (Å²) in [5.74, 6) is 0.866. The van der Waals surface area contributed by atoms with Crippen LogP contribution in [0.25, 0.3) is 0 Å². The number of thiazole rings is 1. The van der Waals surface area contributed by atoms with E-state index >= 15 is 0 Å². The fraction of sp³-hybridized carbons (Fsp3) is 0.714. The molecule has 0 aliphatic heterocycles. The maximum Gasteiger partial charge on any atom is 0.191 e. The predicted octanol–water partition coefficient (Wildman–Crippen LogP) is 2.33. The SMILES string of the molecule is CCNC(=NCc1ncc(CC)s1)NCCN(C)CC.I. The Labute approximate surface area is 149 Å². The Balaban J connectivity index is 0.00000400. The second-order valence-corrected chi connectivity index (χ2v) is 5.79. The quantitative estimate of drug-likeness (QED) is 0.382. The number of hydrogen-bond acceptors (Lipinski definition) is 4. The molecule has 0 bridgehead atoms. The number of rotatable bonds is 8. The molecule has 2 N–H and O–H groups in total. The molecule has 122 valence electrons. The van der Waals surface area contributed by atoms with E-state index in [-0.39, 0.29) is 24.0 Å². The summed E-state index contributed by atoms with van der Waals surface area (Å²) in [6.45, 7) is 10.9. The van der Waals surface area contributed by atoms with E-state index in [1.54, 1.807) is 11.3 Å². The van der Waals surface area contributed by atoms with E-state index in [0.717, 1.165) is 43.6 Å². The maximum atomic E-state index is 4.58. The minimum atomic E-state index is 0.